The monoisotopic (exact) mass is 599 g/mol. The molecule has 1 aliphatic heterocycles. The molecule has 1 fully saturated rings. The fourth-order valence-electron chi connectivity index (χ4n) is 5.40. The maximum Gasteiger partial charge on any atom is 0.416 e. The van der Waals surface area contributed by atoms with E-state index in [2.05, 4.69) is 16.0 Å². The van der Waals surface area contributed by atoms with Gasteiger partial charge in [-0.05, 0) is 54.1 Å². The van der Waals surface area contributed by atoms with Crippen molar-refractivity contribution in [2.24, 2.45) is 0 Å². The van der Waals surface area contributed by atoms with Crippen molar-refractivity contribution in [3.63, 3.8) is 0 Å². The maximum absolute atomic E-state index is 13.5. The van der Waals surface area contributed by atoms with E-state index in [4.69, 9.17) is 4.74 Å². The average molecular weight is 600 g/mol. The predicted octanol–water partition coefficient (Wildman–Crippen LogP) is 4.10. The van der Waals surface area contributed by atoms with Gasteiger partial charge in [0.2, 0.25) is 11.8 Å². The second-order valence-corrected chi connectivity index (χ2v) is 10.8. The van der Waals surface area contributed by atoms with Crippen LogP contribution in [0.4, 0.5) is 18.9 Å². The van der Waals surface area contributed by atoms with Gasteiger partial charge in [0.05, 0.1) is 30.7 Å². The molecule has 4 rings (SSSR count). The van der Waals surface area contributed by atoms with Crippen LogP contribution in [0, 0.1) is 0 Å². The molecule has 11 heteroatoms. The van der Waals surface area contributed by atoms with Gasteiger partial charge in [0, 0.05) is 52.1 Å². The third-order valence-electron chi connectivity index (χ3n) is 7.78. The third kappa shape index (κ3) is 8.46. The highest BCUT2D eigenvalue weighted by Crippen LogP contribution is 2.34. The molecule has 43 heavy (non-hydrogen) atoms. The Hall–Kier alpha value is -3.67. The first-order valence-corrected chi connectivity index (χ1v) is 14.5. The lowest BCUT2D eigenvalue weighted by Crippen LogP contribution is -2.50. The van der Waals surface area contributed by atoms with Gasteiger partial charge < -0.3 is 30.5 Å². The number of methoxy groups -OCH3 is 1. The van der Waals surface area contributed by atoms with Gasteiger partial charge in [0.1, 0.15) is 0 Å². The van der Waals surface area contributed by atoms with Crippen molar-refractivity contribution < 1.29 is 27.5 Å². The van der Waals surface area contributed by atoms with Crippen LogP contribution in [-0.2, 0) is 27.0 Å². The number of carbonyl (C=O) groups excluding carboxylic acids is 2. The van der Waals surface area contributed by atoms with Crippen LogP contribution in [0.1, 0.15) is 36.1 Å². The number of nitrogens with one attached hydrogen (secondary N) is 3. The molecule has 3 N–H and O–H groups in total. The quantitative estimate of drug-likeness (QED) is 0.291. The number of nitrogens with zero attached hydrogens (tertiary/aromatic N) is 2. The number of anilines is 1. The van der Waals surface area contributed by atoms with Gasteiger partial charge in [-0.2, -0.15) is 13.2 Å². The first kappa shape index (κ1) is 32.2. The van der Waals surface area contributed by atoms with Crippen LogP contribution >= 0.6 is 0 Å². The van der Waals surface area contributed by atoms with Crippen molar-refractivity contribution in [2.75, 3.05) is 58.3 Å². The first-order chi connectivity index (χ1) is 20.6. The molecule has 1 saturated heterocycles. The zero-order valence-corrected chi connectivity index (χ0v) is 24.8. The van der Waals surface area contributed by atoms with E-state index in [9.17, 15) is 22.8 Å². The van der Waals surface area contributed by atoms with Crippen molar-refractivity contribution in [3.8, 4) is 0 Å². The molecule has 8 nitrogen and oxygen atoms in total. The second-order valence-electron chi connectivity index (χ2n) is 10.8. The summed E-state index contributed by atoms with van der Waals surface area (Å²) < 4.78 is 45.7. The fourth-order valence-corrected chi connectivity index (χ4v) is 5.40. The molecule has 0 aromatic heterocycles. The highest BCUT2D eigenvalue weighted by molar-refractivity contribution is 5.88. The van der Waals surface area contributed by atoms with Gasteiger partial charge in [-0.25, -0.2) is 0 Å². The molecule has 2 atom stereocenters. The third-order valence-corrected chi connectivity index (χ3v) is 7.78. The van der Waals surface area contributed by atoms with Crippen molar-refractivity contribution in [1.29, 1.82) is 0 Å². The highest BCUT2D eigenvalue weighted by atomic mass is 19.4. The minimum absolute atomic E-state index is 0.0791. The van der Waals surface area contributed by atoms with E-state index < -0.39 is 17.8 Å². The summed E-state index contributed by atoms with van der Waals surface area (Å²) in [7, 11) is 3.28. The SMILES string of the molecule is CNCC(=O)NC(CC(=O)N1CCN(c2ccc(C(F)(F)F)cc2CNCC(C)OC)CC1)c1cccc2ccccc12. The Morgan fingerprint density at radius 2 is 1.72 bits per heavy atom. The molecule has 0 radical (unpaired) electrons. The van der Waals surface area contributed by atoms with Crippen LogP contribution in [-0.4, -0.2) is 76.2 Å². The number of alkyl halides is 3. The fraction of sp³-hybridized carbons (Fsp3) is 0.438. The van der Waals surface area contributed by atoms with Crippen molar-refractivity contribution >= 4 is 28.3 Å². The Bertz CT molecular complexity index is 1390. The van der Waals surface area contributed by atoms with Crippen LogP contribution in [0.2, 0.25) is 0 Å². The zero-order chi connectivity index (χ0) is 31.0. The molecule has 3 aromatic carbocycles. The Balaban J connectivity index is 1.47. The largest absolute Gasteiger partial charge is 0.416 e. The summed E-state index contributed by atoms with van der Waals surface area (Å²) >= 11 is 0. The molecular weight excluding hydrogens is 559 g/mol. The normalized spacial score (nSPS) is 15.4. The van der Waals surface area contributed by atoms with E-state index in [-0.39, 0.29) is 37.4 Å². The Morgan fingerprint density at radius 1 is 1.00 bits per heavy atom. The van der Waals surface area contributed by atoms with Crippen LogP contribution in [0.15, 0.2) is 60.7 Å². The molecule has 0 bridgehead atoms. The second kappa shape index (κ2) is 14.7. The summed E-state index contributed by atoms with van der Waals surface area (Å²) in [6.45, 7) is 4.55. The van der Waals surface area contributed by atoms with Crippen molar-refractivity contribution in [3.05, 3.63) is 77.4 Å². The number of fused-ring (bicyclic) bond motifs is 1. The number of likely N-dealkylation sites (N-methyl/N-ethyl adjacent to an activating group) is 1. The summed E-state index contributed by atoms with van der Waals surface area (Å²) in [4.78, 5) is 29.9. The lowest BCUT2D eigenvalue weighted by atomic mass is 9.96. The van der Waals surface area contributed by atoms with Gasteiger partial charge in [0.15, 0.2) is 0 Å². The van der Waals surface area contributed by atoms with E-state index in [1.165, 1.54) is 12.1 Å². The van der Waals surface area contributed by atoms with Gasteiger partial charge >= 0.3 is 6.18 Å². The van der Waals surface area contributed by atoms with Crippen LogP contribution in [0.25, 0.3) is 10.8 Å². The van der Waals surface area contributed by atoms with Crippen molar-refractivity contribution in [1.82, 2.24) is 20.9 Å². The molecule has 2 unspecified atom stereocenters. The number of hydrogen-bond donors (Lipinski definition) is 3. The molecule has 232 valence electrons. The number of amides is 2. The number of rotatable bonds is 12. The van der Waals surface area contributed by atoms with Gasteiger partial charge in [0.25, 0.3) is 0 Å². The Morgan fingerprint density at radius 3 is 2.42 bits per heavy atom. The number of hydrogen-bond acceptors (Lipinski definition) is 6. The minimum Gasteiger partial charge on any atom is -0.380 e. The molecular formula is C32H40F3N5O3. The zero-order valence-electron chi connectivity index (χ0n) is 24.8. The first-order valence-electron chi connectivity index (χ1n) is 14.5. The van der Waals surface area contributed by atoms with Crippen LogP contribution in [0.5, 0.6) is 0 Å². The predicted molar refractivity (Wildman–Crippen MR) is 162 cm³/mol. The van der Waals surface area contributed by atoms with Crippen LogP contribution in [0.3, 0.4) is 0 Å². The Labute approximate surface area is 250 Å². The standard InChI is InChI=1S/C32H40F3N5O3/c1-22(43-3)19-37-20-24-17-25(32(33,34)35)11-12-29(24)39-13-15-40(16-14-39)31(42)18-28(38-30(41)21-36-2)27-10-6-8-23-7-4-5-9-26(23)27/h4-12,17,22,28,36-37H,13-16,18-21H2,1-3H3,(H,38,41). The molecule has 0 aliphatic carbocycles. The van der Waals surface area contributed by atoms with Crippen molar-refractivity contribution in [2.45, 2.75) is 38.2 Å². The number of halogens is 3. The lowest BCUT2D eigenvalue weighted by molar-refractivity contribution is -0.137. The number of carbonyl (C=O) groups is 2. The molecule has 1 aliphatic rings. The molecule has 0 spiro atoms. The van der Waals surface area contributed by atoms with Gasteiger partial charge in [-0.1, -0.05) is 42.5 Å². The molecule has 0 saturated carbocycles. The van der Waals surface area contributed by atoms with E-state index >= 15 is 0 Å². The summed E-state index contributed by atoms with van der Waals surface area (Å²) in [6.07, 6.45) is -4.43. The number of benzene rings is 3. The summed E-state index contributed by atoms with van der Waals surface area (Å²) in [6, 6.07) is 17.0. The van der Waals surface area contributed by atoms with E-state index in [1.54, 1.807) is 19.1 Å². The van der Waals surface area contributed by atoms with Crippen LogP contribution < -0.4 is 20.9 Å². The average Bonchev–Trinajstić information content (AvgIpc) is 3.00. The van der Waals surface area contributed by atoms with Gasteiger partial charge in [-0.15, -0.1) is 0 Å². The topological polar surface area (TPSA) is 85.9 Å². The minimum atomic E-state index is -4.44. The van der Waals surface area contributed by atoms with Gasteiger partial charge in [-0.3, -0.25) is 9.59 Å². The summed E-state index contributed by atoms with van der Waals surface area (Å²) in [5.74, 6) is -0.299. The summed E-state index contributed by atoms with van der Waals surface area (Å²) in [5.41, 5.74) is 1.44. The van der Waals surface area contributed by atoms with E-state index in [1.807, 2.05) is 54.3 Å². The molecule has 1 heterocycles. The smallest absolute Gasteiger partial charge is 0.380 e. The number of piperazine rings is 1. The lowest BCUT2D eigenvalue weighted by Gasteiger charge is -2.38. The molecule has 3 aromatic rings. The number of ether oxygens (including phenoxy) is 1. The van der Waals surface area contributed by atoms with E-state index in [0.29, 0.717) is 44.0 Å². The van der Waals surface area contributed by atoms with E-state index in [0.717, 1.165) is 22.4 Å². The maximum atomic E-state index is 13.5. The summed E-state index contributed by atoms with van der Waals surface area (Å²) in [5, 5.41) is 11.1. The highest BCUT2D eigenvalue weighted by Gasteiger charge is 2.32. The Kier molecular flexibility index (Phi) is 11.0. The molecule has 2 amide bonds.